The van der Waals surface area contributed by atoms with Gasteiger partial charge in [0, 0.05) is 21.9 Å². The van der Waals surface area contributed by atoms with Crippen molar-refractivity contribution in [2.24, 2.45) is 47.3 Å². The Bertz CT molecular complexity index is 3100. The number of hydrogen-bond acceptors (Lipinski definition) is 1. The molecule has 2 atom stereocenters. The maximum atomic E-state index is 15.7. The number of benzene rings is 4. The Labute approximate surface area is 372 Å². The first-order chi connectivity index (χ1) is 30.5. The summed E-state index contributed by atoms with van der Waals surface area (Å²) in [5, 5.41) is 3.90. The highest BCUT2D eigenvalue weighted by molar-refractivity contribution is 6.88. The average Bonchev–Trinajstić information content (AvgIpc) is 3.82. The zero-order valence-corrected chi connectivity index (χ0v) is 37.8. The Morgan fingerprint density at radius 3 is 1.68 bits per heavy atom. The van der Waals surface area contributed by atoms with Crippen molar-refractivity contribution >= 4 is 50.5 Å². The van der Waals surface area contributed by atoms with Crippen molar-refractivity contribution in [1.82, 2.24) is 13.8 Å². The predicted octanol–water partition coefficient (Wildman–Crippen LogP) is 11.8. The predicted molar refractivity (Wildman–Crippen MR) is 256 cm³/mol. The third-order valence-corrected chi connectivity index (χ3v) is 21.6. The van der Waals surface area contributed by atoms with Gasteiger partial charge in [0.1, 0.15) is 0 Å². The van der Waals surface area contributed by atoms with Crippen molar-refractivity contribution in [2.75, 3.05) is 0 Å². The van der Waals surface area contributed by atoms with Gasteiger partial charge < -0.3 is 4.57 Å². The van der Waals surface area contributed by atoms with E-state index in [1.807, 2.05) is 0 Å². The van der Waals surface area contributed by atoms with E-state index in [1.54, 1.807) is 16.7 Å². The van der Waals surface area contributed by atoms with E-state index in [1.165, 1.54) is 164 Å². The fourth-order valence-corrected chi connectivity index (χ4v) is 20.2. The molecule has 0 amide bonds. The van der Waals surface area contributed by atoms with Crippen LogP contribution in [0.25, 0.3) is 44.1 Å². The first-order valence-electron chi connectivity index (χ1n) is 26.2. The first-order valence-corrected chi connectivity index (χ1v) is 26.2. The molecule has 0 saturated heterocycles. The lowest BCUT2D eigenvalue weighted by Gasteiger charge is -2.57. The highest BCUT2D eigenvalue weighted by atomic mass is 16.1. The van der Waals surface area contributed by atoms with Crippen LogP contribution in [0.2, 0.25) is 0 Å². The molecule has 4 aromatic carbocycles. The quantitative estimate of drug-likeness (QED) is 0.160. The zero-order chi connectivity index (χ0) is 41.2. The molecule has 2 aliphatic heterocycles. The largest absolute Gasteiger partial charge is 0.357 e. The van der Waals surface area contributed by atoms with Gasteiger partial charge in [-0.25, -0.2) is 0 Å². The number of rotatable bonds is 2. The molecule has 2 unspecified atom stereocenters. The average molecular weight is 828 g/mol. The standard InChI is InChI=1S/C58H62BN3O/c1-56(2,3)41-20-51-53-52(21-41)61-50-23-44-39-15-30-6-31(16-39)14-38(13-30)43(44)22-47(50)55(63)62(61)59(53)48-19-42(58-27-35-10-36(28-58)12-37(11-35)29-58)18-46-45-17-40(4-5-49(45)60(51)54(46)48)57-24-32-7-33(25-57)9-34(8-32)26-57/h4-5,17-23,30-39H,6-16,24-29H2,1-3H3. The zero-order valence-electron chi connectivity index (χ0n) is 37.8. The molecule has 4 heterocycles. The lowest BCUT2D eigenvalue weighted by Crippen LogP contribution is -2.54. The van der Waals surface area contributed by atoms with E-state index in [9.17, 15) is 0 Å². The number of nitrogens with zero attached hydrogens (tertiary/aromatic N) is 3. The van der Waals surface area contributed by atoms with Crippen LogP contribution < -0.4 is 16.5 Å². The summed E-state index contributed by atoms with van der Waals surface area (Å²) >= 11 is 0. The summed E-state index contributed by atoms with van der Waals surface area (Å²) in [4.78, 5) is 15.7. The molecule has 63 heavy (non-hydrogen) atoms. The van der Waals surface area contributed by atoms with Crippen LogP contribution in [0, 0.1) is 47.3 Å². The van der Waals surface area contributed by atoms with Crippen molar-refractivity contribution in [2.45, 2.75) is 158 Å². The van der Waals surface area contributed by atoms with Crippen molar-refractivity contribution < 1.29 is 0 Å². The minimum Gasteiger partial charge on any atom is -0.310 e. The molecule has 2 aromatic heterocycles. The van der Waals surface area contributed by atoms with Gasteiger partial charge in [-0.05, 0) is 260 Å². The smallest absolute Gasteiger partial charge is 0.310 e. The fraction of sp³-hybridized carbons (Fsp3) is 0.569. The van der Waals surface area contributed by atoms with E-state index in [2.05, 4.69) is 89.2 Å². The minimum atomic E-state index is -0.133. The maximum absolute atomic E-state index is 15.7. The Hall–Kier alpha value is -3.99. The molecule has 10 fully saturated rings. The molecular weight excluding hydrogens is 765 g/mol. The second-order valence-electron chi connectivity index (χ2n) is 26.3. The molecule has 318 valence electrons. The van der Waals surface area contributed by atoms with E-state index >= 15 is 4.79 Å². The van der Waals surface area contributed by atoms with Crippen LogP contribution in [0.1, 0.15) is 170 Å². The summed E-state index contributed by atoms with van der Waals surface area (Å²) in [7, 11) is 0. The number of fused-ring (bicyclic) bond motifs is 10. The van der Waals surface area contributed by atoms with Gasteiger partial charge in [-0.3, -0.25) is 14.1 Å². The summed E-state index contributed by atoms with van der Waals surface area (Å²) in [6.45, 7) is 7.02. The Balaban J connectivity index is 0.964. The second-order valence-corrected chi connectivity index (χ2v) is 26.3. The molecule has 6 aromatic rings. The van der Waals surface area contributed by atoms with Crippen LogP contribution in [0.15, 0.2) is 59.4 Å². The lowest BCUT2D eigenvalue weighted by atomic mass is 9.46. The third-order valence-electron chi connectivity index (χ3n) is 21.6. The van der Waals surface area contributed by atoms with Crippen molar-refractivity contribution in [3.63, 3.8) is 0 Å². The molecule has 12 aliphatic carbocycles. The molecule has 0 N–H and O–H groups in total. The monoisotopic (exact) mass is 827 g/mol. The van der Waals surface area contributed by atoms with Gasteiger partial charge in [-0.2, -0.15) is 0 Å². The topological polar surface area (TPSA) is 31.9 Å². The first kappa shape index (κ1) is 35.3. The van der Waals surface area contributed by atoms with Gasteiger partial charge >= 0.3 is 6.85 Å². The van der Waals surface area contributed by atoms with Crippen LogP contribution in [0.4, 0.5) is 0 Å². The van der Waals surface area contributed by atoms with E-state index in [0.717, 1.165) is 58.2 Å². The van der Waals surface area contributed by atoms with Crippen LogP contribution in [0.5, 0.6) is 0 Å². The molecule has 4 nitrogen and oxygen atoms in total. The van der Waals surface area contributed by atoms with Gasteiger partial charge in [0.15, 0.2) is 0 Å². The summed E-state index contributed by atoms with van der Waals surface area (Å²) in [6, 6.07) is 23.4. The summed E-state index contributed by atoms with van der Waals surface area (Å²) in [6.07, 6.45) is 23.9. The molecule has 0 spiro atoms. The van der Waals surface area contributed by atoms with Crippen molar-refractivity contribution in [1.29, 1.82) is 0 Å². The summed E-state index contributed by atoms with van der Waals surface area (Å²) < 4.78 is 7.48. The SMILES string of the molecule is CC(C)(C)c1cc2c3c(c1)-n1c4cc5c(cc4c(=O)n1B3c1cc(C34CC6CC(CC(C6)C3)C4)cc3c4cc(C67CC8CC(CC(C8)C6)C7)ccc4n-2c13)C1CC2CC(C1)CC5C2. The number of hydrogen-bond donors (Lipinski definition) is 0. The third kappa shape index (κ3) is 4.33. The maximum Gasteiger partial charge on any atom is 0.357 e. The summed E-state index contributed by atoms with van der Waals surface area (Å²) in [5.74, 6) is 8.41. The molecule has 14 aliphatic rings. The van der Waals surface area contributed by atoms with Crippen LogP contribution in [0.3, 0.4) is 0 Å². The number of aromatic nitrogens is 3. The van der Waals surface area contributed by atoms with Crippen molar-refractivity contribution in [3.8, 4) is 11.4 Å². The Morgan fingerprint density at radius 1 is 0.540 bits per heavy atom. The Morgan fingerprint density at radius 2 is 1.08 bits per heavy atom. The van der Waals surface area contributed by atoms with E-state index < -0.39 is 0 Å². The molecule has 20 rings (SSSR count). The fourth-order valence-electron chi connectivity index (χ4n) is 20.2. The van der Waals surface area contributed by atoms with Gasteiger partial charge in [0.2, 0.25) is 0 Å². The van der Waals surface area contributed by atoms with Crippen LogP contribution in [-0.4, -0.2) is 20.7 Å². The second kappa shape index (κ2) is 11.2. The highest BCUT2D eigenvalue weighted by Gasteiger charge is 2.55. The molecular formula is C58H62BN3O. The highest BCUT2D eigenvalue weighted by Crippen LogP contribution is 2.63. The van der Waals surface area contributed by atoms with E-state index in [-0.39, 0.29) is 23.2 Å². The molecule has 5 heteroatoms. The summed E-state index contributed by atoms with van der Waals surface area (Å²) in [5.41, 5.74) is 17.7. The van der Waals surface area contributed by atoms with Gasteiger partial charge in [0.25, 0.3) is 5.56 Å². The van der Waals surface area contributed by atoms with Gasteiger partial charge in [0.05, 0.1) is 27.6 Å². The van der Waals surface area contributed by atoms with Gasteiger partial charge in [-0.15, -0.1) is 0 Å². The molecule has 0 radical (unpaired) electrons. The molecule has 12 bridgehead atoms. The normalized spacial score (nSPS) is 37.8. The Kier molecular flexibility index (Phi) is 6.25. The van der Waals surface area contributed by atoms with E-state index in [4.69, 9.17) is 0 Å². The molecule has 10 saturated carbocycles. The van der Waals surface area contributed by atoms with E-state index in [0.29, 0.717) is 17.3 Å². The van der Waals surface area contributed by atoms with Gasteiger partial charge in [-0.1, -0.05) is 32.9 Å². The van der Waals surface area contributed by atoms with Crippen molar-refractivity contribution in [3.05, 3.63) is 92.8 Å². The minimum absolute atomic E-state index is 0.0523. The van der Waals surface area contributed by atoms with Crippen LogP contribution in [-0.2, 0) is 16.2 Å². The van der Waals surface area contributed by atoms with Crippen LogP contribution >= 0.6 is 0 Å². The lowest BCUT2D eigenvalue weighted by molar-refractivity contribution is -0.00526.